The Balaban J connectivity index is 2.18. The molecule has 1 aliphatic carbocycles. The molecule has 0 bridgehead atoms. The van der Waals surface area contributed by atoms with Crippen molar-refractivity contribution in [2.24, 2.45) is 5.92 Å². The second kappa shape index (κ2) is 4.78. The molecule has 1 heterocycles. The molecular formula is C12H19N3O. The van der Waals surface area contributed by atoms with Crippen LogP contribution >= 0.6 is 0 Å². The number of aryl methyl sites for hydroxylation is 1. The predicted molar refractivity (Wildman–Crippen MR) is 63.4 cm³/mol. The number of aliphatic hydroxyl groups is 1. The standard InChI is InChI=1S/C12H19N3O/c1-8(2)11(6-16)15-12-9-4-3-5-10(9)13-7-14-12/h7-8,11,16H,3-6H2,1-2H3,(H,13,14,15)/t11-/m1/s1. The number of fused-ring (bicyclic) bond motifs is 1. The number of aliphatic hydroxyl groups excluding tert-OH is 1. The van der Waals surface area contributed by atoms with Gasteiger partial charge in [0, 0.05) is 11.3 Å². The van der Waals surface area contributed by atoms with E-state index in [1.54, 1.807) is 6.33 Å². The van der Waals surface area contributed by atoms with E-state index in [1.165, 1.54) is 5.56 Å². The van der Waals surface area contributed by atoms with E-state index in [-0.39, 0.29) is 12.6 Å². The lowest BCUT2D eigenvalue weighted by atomic mass is 10.1. The van der Waals surface area contributed by atoms with Crippen molar-refractivity contribution in [3.8, 4) is 0 Å². The summed E-state index contributed by atoms with van der Waals surface area (Å²) < 4.78 is 0. The van der Waals surface area contributed by atoms with E-state index in [4.69, 9.17) is 0 Å². The second-order valence-corrected chi connectivity index (χ2v) is 4.68. The maximum atomic E-state index is 9.30. The van der Waals surface area contributed by atoms with Gasteiger partial charge in [-0.3, -0.25) is 0 Å². The SMILES string of the molecule is CC(C)[C@@H](CO)Nc1ncnc2c1CCC2. The van der Waals surface area contributed by atoms with Gasteiger partial charge in [0.15, 0.2) is 0 Å². The number of hydrogen-bond donors (Lipinski definition) is 2. The van der Waals surface area contributed by atoms with Crippen molar-refractivity contribution in [2.45, 2.75) is 39.2 Å². The fourth-order valence-corrected chi connectivity index (χ4v) is 2.08. The summed E-state index contributed by atoms with van der Waals surface area (Å²) in [6.07, 6.45) is 4.88. The van der Waals surface area contributed by atoms with Gasteiger partial charge in [-0.15, -0.1) is 0 Å². The minimum atomic E-state index is 0.0691. The molecule has 0 amide bonds. The quantitative estimate of drug-likeness (QED) is 0.806. The lowest BCUT2D eigenvalue weighted by Crippen LogP contribution is -2.30. The highest BCUT2D eigenvalue weighted by Crippen LogP contribution is 2.26. The largest absolute Gasteiger partial charge is 0.394 e. The van der Waals surface area contributed by atoms with Crippen molar-refractivity contribution >= 4 is 5.82 Å². The summed E-state index contributed by atoms with van der Waals surface area (Å²) in [5, 5.41) is 12.6. The highest BCUT2D eigenvalue weighted by atomic mass is 16.3. The topological polar surface area (TPSA) is 58.0 Å². The summed E-state index contributed by atoms with van der Waals surface area (Å²) in [5.74, 6) is 1.30. The molecule has 0 fully saturated rings. The zero-order valence-corrected chi connectivity index (χ0v) is 9.90. The summed E-state index contributed by atoms with van der Waals surface area (Å²) >= 11 is 0. The summed E-state index contributed by atoms with van der Waals surface area (Å²) in [5.41, 5.74) is 2.40. The lowest BCUT2D eigenvalue weighted by molar-refractivity contribution is 0.249. The predicted octanol–water partition coefficient (Wildman–Crippen LogP) is 1.39. The van der Waals surface area contributed by atoms with E-state index in [2.05, 4.69) is 29.1 Å². The van der Waals surface area contributed by atoms with Gasteiger partial charge in [-0.25, -0.2) is 9.97 Å². The fourth-order valence-electron chi connectivity index (χ4n) is 2.08. The molecule has 4 nitrogen and oxygen atoms in total. The third kappa shape index (κ3) is 2.16. The lowest BCUT2D eigenvalue weighted by Gasteiger charge is -2.21. The van der Waals surface area contributed by atoms with Gasteiger partial charge >= 0.3 is 0 Å². The first-order valence-electron chi connectivity index (χ1n) is 5.92. The van der Waals surface area contributed by atoms with Gasteiger partial charge < -0.3 is 10.4 Å². The van der Waals surface area contributed by atoms with Gasteiger partial charge in [-0.05, 0) is 25.2 Å². The minimum absolute atomic E-state index is 0.0691. The highest BCUT2D eigenvalue weighted by molar-refractivity contribution is 5.48. The molecule has 0 spiro atoms. The number of anilines is 1. The van der Waals surface area contributed by atoms with Crippen LogP contribution in [0.25, 0.3) is 0 Å². The van der Waals surface area contributed by atoms with Crippen LogP contribution in [0.4, 0.5) is 5.82 Å². The molecule has 16 heavy (non-hydrogen) atoms. The molecule has 1 aromatic heterocycles. The van der Waals surface area contributed by atoms with Gasteiger partial charge in [0.1, 0.15) is 12.1 Å². The van der Waals surface area contributed by atoms with Gasteiger partial charge in [0.25, 0.3) is 0 Å². The molecular weight excluding hydrogens is 202 g/mol. The maximum Gasteiger partial charge on any atom is 0.133 e. The van der Waals surface area contributed by atoms with E-state index in [0.717, 1.165) is 30.8 Å². The van der Waals surface area contributed by atoms with Gasteiger partial charge in [0.2, 0.25) is 0 Å². The number of nitrogens with zero attached hydrogens (tertiary/aromatic N) is 2. The Bertz CT molecular complexity index is 365. The Morgan fingerprint density at radius 2 is 2.19 bits per heavy atom. The zero-order valence-electron chi connectivity index (χ0n) is 9.90. The zero-order chi connectivity index (χ0) is 11.5. The Kier molecular flexibility index (Phi) is 3.39. The molecule has 88 valence electrons. The van der Waals surface area contributed by atoms with E-state index in [1.807, 2.05) is 0 Å². The van der Waals surface area contributed by atoms with Crippen LogP contribution < -0.4 is 5.32 Å². The van der Waals surface area contributed by atoms with Crippen molar-refractivity contribution in [3.63, 3.8) is 0 Å². The molecule has 1 aliphatic rings. The van der Waals surface area contributed by atoms with Crippen LogP contribution in [0.15, 0.2) is 6.33 Å². The van der Waals surface area contributed by atoms with Crippen LogP contribution in [0.5, 0.6) is 0 Å². The van der Waals surface area contributed by atoms with E-state index < -0.39 is 0 Å². The van der Waals surface area contributed by atoms with Crippen molar-refractivity contribution < 1.29 is 5.11 Å². The van der Waals surface area contributed by atoms with E-state index in [0.29, 0.717) is 5.92 Å². The van der Waals surface area contributed by atoms with Gasteiger partial charge in [0.05, 0.1) is 12.6 Å². The molecule has 2 N–H and O–H groups in total. The van der Waals surface area contributed by atoms with Crippen molar-refractivity contribution in [3.05, 3.63) is 17.6 Å². The van der Waals surface area contributed by atoms with Crippen molar-refractivity contribution in [1.82, 2.24) is 9.97 Å². The number of nitrogens with one attached hydrogen (secondary N) is 1. The van der Waals surface area contributed by atoms with Gasteiger partial charge in [-0.2, -0.15) is 0 Å². The smallest absolute Gasteiger partial charge is 0.133 e. The molecule has 0 aromatic carbocycles. The first-order chi connectivity index (χ1) is 7.72. The maximum absolute atomic E-state index is 9.30. The van der Waals surface area contributed by atoms with Crippen molar-refractivity contribution in [1.29, 1.82) is 0 Å². The third-order valence-electron chi connectivity index (χ3n) is 3.20. The Morgan fingerprint density at radius 3 is 2.88 bits per heavy atom. The van der Waals surface area contributed by atoms with Crippen LogP contribution in [0.1, 0.15) is 31.5 Å². The first kappa shape index (κ1) is 11.3. The summed E-state index contributed by atoms with van der Waals surface area (Å²) in [4.78, 5) is 8.57. The van der Waals surface area contributed by atoms with Crippen LogP contribution in [0.2, 0.25) is 0 Å². The minimum Gasteiger partial charge on any atom is -0.394 e. The van der Waals surface area contributed by atoms with Crippen LogP contribution in [0.3, 0.4) is 0 Å². The van der Waals surface area contributed by atoms with Gasteiger partial charge in [-0.1, -0.05) is 13.8 Å². The highest BCUT2D eigenvalue weighted by Gasteiger charge is 2.20. The molecule has 1 atom stereocenters. The molecule has 0 saturated carbocycles. The molecule has 0 aliphatic heterocycles. The summed E-state index contributed by atoms with van der Waals surface area (Å²) in [6, 6.07) is 0.0691. The average molecular weight is 221 g/mol. The fraction of sp³-hybridized carbons (Fsp3) is 0.667. The average Bonchev–Trinajstić information content (AvgIpc) is 2.73. The molecule has 0 radical (unpaired) electrons. The van der Waals surface area contributed by atoms with E-state index in [9.17, 15) is 5.11 Å². The Labute approximate surface area is 96.1 Å². The number of hydrogen-bond acceptors (Lipinski definition) is 4. The third-order valence-corrected chi connectivity index (χ3v) is 3.20. The first-order valence-corrected chi connectivity index (χ1v) is 5.92. The molecule has 0 unspecified atom stereocenters. The molecule has 2 rings (SSSR count). The van der Waals surface area contributed by atoms with Crippen LogP contribution in [0, 0.1) is 5.92 Å². The summed E-state index contributed by atoms with van der Waals surface area (Å²) in [6.45, 7) is 4.32. The molecule has 0 saturated heterocycles. The van der Waals surface area contributed by atoms with Crippen molar-refractivity contribution in [2.75, 3.05) is 11.9 Å². The van der Waals surface area contributed by atoms with E-state index >= 15 is 0 Å². The Morgan fingerprint density at radius 1 is 1.38 bits per heavy atom. The van der Waals surface area contributed by atoms with Crippen LogP contribution in [-0.2, 0) is 12.8 Å². The summed E-state index contributed by atoms with van der Waals surface area (Å²) in [7, 11) is 0. The normalized spacial score (nSPS) is 16.2. The Hall–Kier alpha value is -1.16. The molecule has 1 aromatic rings. The number of aromatic nitrogens is 2. The number of rotatable bonds is 4. The monoisotopic (exact) mass is 221 g/mol. The molecule has 4 heteroatoms. The van der Waals surface area contributed by atoms with Crippen LogP contribution in [-0.4, -0.2) is 27.7 Å². The second-order valence-electron chi connectivity index (χ2n) is 4.68.